The summed E-state index contributed by atoms with van der Waals surface area (Å²) < 4.78 is 27.0. The van der Waals surface area contributed by atoms with E-state index in [1.165, 1.54) is 13.0 Å². The first kappa shape index (κ1) is 18.5. The maximum atomic E-state index is 13.9. The molecule has 1 unspecified atom stereocenters. The van der Waals surface area contributed by atoms with Crippen LogP contribution in [-0.4, -0.2) is 24.3 Å². The van der Waals surface area contributed by atoms with Crippen LogP contribution in [-0.2, 0) is 14.4 Å². The Hall–Kier alpha value is -3.29. The van der Waals surface area contributed by atoms with Crippen LogP contribution in [0, 0.1) is 17.6 Å². The average molecular weight is 373 g/mol. The van der Waals surface area contributed by atoms with Crippen molar-refractivity contribution in [2.45, 2.75) is 13.3 Å². The zero-order chi connectivity index (χ0) is 19.6. The van der Waals surface area contributed by atoms with Gasteiger partial charge in [-0.3, -0.25) is 14.4 Å². The predicted molar refractivity (Wildman–Crippen MR) is 96.2 cm³/mol. The lowest BCUT2D eigenvalue weighted by Crippen LogP contribution is -2.28. The first-order chi connectivity index (χ1) is 12.8. The lowest BCUT2D eigenvalue weighted by atomic mass is 10.1. The molecule has 0 radical (unpaired) electrons. The number of nitrogens with zero attached hydrogens (tertiary/aromatic N) is 1. The van der Waals surface area contributed by atoms with Crippen molar-refractivity contribution in [1.82, 2.24) is 0 Å². The number of anilines is 3. The van der Waals surface area contributed by atoms with E-state index >= 15 is 0 Å². The van der Waals surface area contributed by atoms with Gasteiger partial charge in [0.25, 0.3) is 0 Å². The summed E-state index contributed by atoms with van der Waals surface area (Å²) in [7, 11) is 0. The van der Waals surface area contributed by atoms with Gasteiger partial charge in [-0.2, -0.15) is 0 Å². The number of nitrogens with one attached hydrogen (secondary N) is 2. The standard InChI is InChI=1S/C19H17F2N3O3/c1-11(25)22-14-3-2-4-15(9-14)23-19(27)12-7-18(26)24(10-12)17-6-5-13(20)8-16(17)21/h2-6,8-9,12H,7,10H2,1H3,(H,22,25)(H,23,27). The van der Waals surface area contributed by atoms with Gasteiger partial charge in [-0.05, 0) is 30.3 Å². The highest BCUT2D eigenvalue weighted by Crippen LogP contribution is 2.28. The number of carbonyl (C=O) groups excluding carboxylic acids is 3. The highest BCUT2D eigenvalue weighted by Gasteiger charge is 2.36. The molecular formula is C19H17F2N3O3. The van der Waals surface area contributed by atoms with Crippen LogP contribution in [0.5, 0.6) is 0 Å². The lowest BCUT2D eigenvalue weighted by molar-refractivity contribution is -0.122. The van der Waals surface area contributed by atoms with Gasteiger partial charge < -0.3 is 15.5 Å². The van der Waals surface area contributed by atoms with E-state index in [4.69, 9.17) is 0 Å². The van der Waals surface area contributed by atoms with Crippen LogP contribution in [0.2, 0.25) is 0 Å². The Morgan fingerprint density at radius 3 is 2.44 bits per heavy atom. The molecule has 1 saturated heterocycles. The van der Waals surface area contributed by atoms with Crippen molar-refractivity contribution in [2.75, 3.05) is 22.1 Å². The highest BCUT2D eigenvalue weighted by molar-refractivity contribution is 6.03. The van der Waals surface area contributed by atoms with Crippen molar-refractivity contribution in [1.29, 1.82) is 0 Å². The largest absolute Gasteiger partial charge is 0.326 e. The predicted octanol–water partition coefficient (Wildman–Crippen LogP) is 2.91. The molecule has 8 heteroatoms. The number of hydrogen-bond donors (Lipinski definition) is 2. The molecule has 1 fully saturated rings. The smallest absolute Gasteiger partial charge is 0.229 e. The van der Waals surface area contributed by atoms with E-state index in [0.717, 1.165) is 11.0 Å². The lowest BCUT2D eigenvalue weighted by Gasteiger charge is -2.17. The number of benzene rings is 2. The van der Waals surface area contributed by atoms with Crippen LogP contribution in [0.3, 0.4) is 0 Å². The number of amides is 3. The molecule has 1 aliphatic rings. The molecule has 0 saturated carbocycles. The van der Waals surface area contributed by atoms with Crippen LogP contribution in [0.1, 0.15) is 13.3 Å². The molecular weight excluding hydrogens is 356 g/mol. The van der Waals surface area contributed by atoms with Crippen LogP contribution in [0.25, 0.3) is 0 Å². The maximum absolute atomic E-state index is 13.9. The summed E-state index contributed by atoms with van der Waals surface area (Å²) in [5.74, 6) is -3.31. The Labute approximate surface area is 154 Å². The van der Waals surface area contributed by atoms with Gasteiger partial charge in [0.1, 0.15) is 11.6 Å². The minimum atomic E-state index is -0.854. The molecule has 1 atom stereocenters. The van der Waals surface area contributed by atoms with Crippen LogP contribution in [0.4, 0.5) is 25.8 Å². The van der Waals surface area contributed by atoms with Crippen molar-refractivity contribution >= 4 is 34.8 Å². The molecule has 3 rings (SSSR count). The fourth-order valence-corrected chi connectivity index (χ4v) is 2.94. The van der Waals surface area contributed by atoms with Crippen molar-refractivity contribution in [3.8, 4) is 0 Å². The zero-order valence-corrected chi connectivity index (χ0v) is 14.5. The van der Waals surface area contributed by atoms with Crippen LogP contribution >= 0.6 is 0 Å². The number of hydrogen-bond acceptors (Lipinski definition) is 3. The van der Waals surface area contributed by atoms with Crippen molar-refractivity contribution in [3.63, 3.8) is 0 Å². The Kier molecular flexibility index (Phi) is 5.16. The van der Waals surface area contributed by atoms with E-state index in [1.807, 2.05) is 0 Å². The van der Waals surface area contributed by atoms with Gasteiger partial charge >= 0.3 is 0 Å². The molecule has 2 N–H and O–H groups in total. The minimum absolute atomic E-state index is 0.00138. The van der Waals surface area contributed by atoms with E-state index in [1.54, 1.807) is 24.3 Å². The Morgan fingerprint density at radius 2 is 1.78 bits per heavy atom. The Bertz CT molecular complexity index is 917. The normalized spacial score (nSPS) is 16.3. The van der Waals surface area contributed by atoms with E-state index in [9.17, 15) is 23.2 Å². The van der Waals surface area contributed by atoms with Gasteiger partial charge in [-0.1, -0.05) is 6.07 Å². The maximum Gasteiger partial charge on any atom is 0.229 e. The van der Waals surface area contributed by atoms with E-state index in [0.29, 0.717) is 17.4 Å². The highest BCUT2D eigenvalue weighted by atomic mass is 19.1. The van der Waals surface area contributed by atoms with E-state index < -0.39 is 29.4 Å². The molecule has 0 bridgehead atoms. The SMILES string of the molecule is CC(=O)Nc1cccc(NC(=O)C2CC(=O)N(c3ccc(F)cc3F)C2)c1. The van der Waals surface area contributed by atoms with Gasteiger partial charge in [0.2, 0.25) is 17.7 Å². The van der Waals surface area contributed by atoms with Crippen LogP contribution < -0.4 is 15.5 Å². The first-order valence-electron chi connectivity index (χ1n) is 8.27. The molecule has 27 heavy (non-hydrogen) atoms. The third-order valence-corrected chi connectivity index (χ3v) is 4.15. The first-order valence-corrected chi connectivity index (χ1v) is 8.27. The van der Waals surface area contributed by atoms with Gasteiger partial charge in [-0.15, -0.1) is 0 Å². The van der Waals surface area contributed by atoms with Gasteiger partial charge in [0.15, 0.2) is 0 Å². The van der Waals surface area contributed by atoms with E-state index in [2.05, 4.69) is 10.6 Å². The molecule has 1 aliphatic heterocycles. The number of rotatable bonds is 4. The summed E-state index contributed by atoms with van der Waals surface area (Å²) in [5.41, 5.74) is 0.937. The minimum Gasteiger partial charge on any atom is -0.326 e. The number of carbonyl (C=O) groups is 3. The van der Waals surface area contributed by atoms with Gasteiger partial charge in [0, 0.05) is 37.3 Å². The summed E-state index contributed by atoms with van der Waals surface area (Å²) in [6, 6.07) is 9.52. The second-order valence-corrected chi connectivity index (χ2v) is 6.25. The molecule has 1 heterocycles. The fraction of sp³-hybridized carbons (Fsp3) is 0.211. The molecule has 2 aromatic carbocycles. The van der Waals surface area contributed by atoms with Gasteiger partial charge in [-0.25, -0.2) is 8.78 Å². The molecule has 2 aromatic rings. The quantitative estimate of drug-likeness (QED) is 0.865. The second kappa shape index (κ2) is 7.53. The molecule has 6 nitrogen and oxygen atoms in total. The topological polar surface area (TPSA) is 78.5 Å². The molecule has 0 aliphatic carbocycles. The second-order valence-electron chi connectivity index (χ2n) is 6.25. The average Bonchev–Trinajstić information content (AvgIpc) is 2.96. The monoisotopic (exact) mass is 373 g/mol. The molecule has 140 valence electrons. The third kappa shape index (κ3) is 4.28. The summed E-state index contributed by atoms with van der Waals surface area (Å²) in [5, 5.41) is 5.30. The van der Waals surface area contributed by atoms with Gasteiger partial charge in [0.05, 0.1) is 11.6 Å². The molecule has 3 amide bonds. The third-order valence-electron chi connectivity index (χ3n) is 4.15. The molecule has 0 spiro atoms. The zero-order valence-electron chi connectivity index (χ0n) is 14.5. The Balaban J connectivity index is 1.70. The summed E-state index contributed by atoms with van der Waals surface area (Å²) >= 11 is 0. The van der Waals surface area contributed by atoms with E-state index in [-0.39, 0.29) is 24.6 Å². The van der Waals surface area contributed by atoms with Crippen molar-refractivity contribution in [2.24, 2.45) is 5.92 Å². The summed E-state index contributed by atoms with van der Waals surface area (Å²) in [6.45, 7) is 1.37. The van der Waals surface area contributed by atoms with Crippen molar-refractivity contribution in [3.05, 3.63) is 54.1 Å². The molecule has 0 aromatic heterocycles. The van der Waals surface area contributed by atoms with Crippen LogP contribution in [0.15, 0.2) is 42.5 Å². The fourth-order valence-electron chi connectivity index (χ4n) is 2.94. The Morgan fingerprint density at radius 1 is 1.07 bits per heavy atom. The summed E-state index contributed by atoms with van der Waals surface area (Å²) in [4.78, 5) is 36.9. The van der Waals surface area contributed by atoms with Crippen molar-refractivity contribution < 1.29 is 23.2 Å². The summed E-state index contributed by atoms with van der Waals surface area (Å²) in [6.07, 6.45) is -0.0754. The number of halogens is 2.